The molecule has 94 valence electrons. The first-order valence-electron chi connectivity index (χ1n) is 5.34. The second-order valence-corrected chi connectivity index (χ2v) is 4.98. The Morgan fingerprint density at radius 3 is 2.35 bits per heavy atom. The molecule has 0 spiro atoms. The van der Waals surface area contributed by atoms with E-state index in [1.54, 1.807) is 30.1 Å². The molecular formula is C12H16Cl2N2O. The average molecular weight is 275 g/mol. The van der Waals surface area contributed by atoms with Crippen LogP contribution >= 0.6 is 23.2 Å². The van der Waals surface area contributed by atoms with Crippen molar-refractivity contribution in [3.63, 3.8) is 0 Å². The molecule has 1 rings (SSSR count). The first-order chi connectivity index (χ1) is 7.93. The summed E-state index contributed by atoms with van der Waals surface area (Å²) in [7, 11) is 1.74. The molecule has 0 aliphatic carbocycles. The summed E-state index contributed by atoms with van der Waals surface area (Å²) in [4.78, 5) is 13.5. The Hall–Kier alpha value is -0.770. The summed E-state index contributed by atoms with van der Waals surface area (Å²) in [5.74, 6) is -0.154. The van der Waals surface area contributed by atoms with Gasteiger partial charge < -0.3 is 10.6 Å². The Kier molecular flexibility index (Phi) is 5.25. The van der Waals surface area contributed by atoms with Gasteiger partial charge in [0.15, 0.2) is 0 Å². The van der Waals surface area contributed by atoms with Crippen LogP contribution in [0.15, 0.2) is 18.2 Å². The quantitative estimate of drug-likeness (QED) is 0.917. The Bertz CT molecular complexity index is 389. The van der Waals surface area contributed by atoms with Crippen LogP contribution < -0.4 is 5.73 Å². The van der Waals surface area contributed by atoms with Crippen LogP contribution in [0.2, 0.25) is 10.0 Å². The maximum absolute atomic E-state index is 11.8. The zero-order valence-corrected chi connectivity index (χ0v) is 11.4. The van der Waals surface area contributed by atoms with Crippen molar-refractivity contribution >= 4 is 29.1 Å². The summed E-state index contributed by atoms with van der Waals surface area (Å²) in [6.07, 6.45) is 0. The number of amides is 1. The van der Waals surface area contributed by atoms with Crippen LogP contribution in [-0.2, 0) is 11.3 Å². The lowest BCUT2D eigenvalue weighted by Crippen LogP contribution is -2.34. The number of hydrogen-bond acceptors (Lipinski definition) is 2. The predicted molar refractivity (Wildman–Crippen MR) is 71.2 cm³/mol. The minimum Gasteiger partial charge on any atom is -0.341 e. The van der Waals surface area contributed by atoms with E-state index in [0.29, 0.717) is 23.1 Å². The SMILES string of the molecule is CC(CN)C(=O)N(C)Cc1cc(Cl)cc(Cl)c1. The van der Waals surface area contributed by atoms with Crippen LogP contribution in [0.3, 0.4) is 0 Å². The van der Waals surface area contributed by atoms with Crippen molar-refractivity contribution in [2.45, 2.75) is 13.5 Å². The fourth-order valence-electron chi connectivity index (χ4n) is 1.53. The van der Waals surface area contributed by atoms with E-state index in [9.17, 15) is 4.79 Å². The molecule has 0 radical (unpaired) electrons. The van der Waals surface area contributed by atoms with E-state index in [0.717, 1.165) is 5.56 Å². The van der Waals surface area contributed by atoms with E-state index in [1.807, 2.05) is 6.92 Å². The van der Waals surface area contributed by atoms with Crippen molar-refractivity contribution < 1.29 is 4.79 Å². The lowest BCUT2D eigenvalue weighted by molar-refractivity contribution is -0.133. The molecule has 0 saturated heterocycles. The molecule has 2 N–H and O–H groups in total. The number of carbonyl (C=O) groups excluding carboxylic acids is 1. The fraction of sp³-hybridized carbons (Fsp3) is 0.417. The Morgan fingerprint density at radius 2 is 1.88 bits per heavy atom. The number of rotatable bonds is 4. The number of benzene rings is 1. The summed E-state index contributed by atoms with van der Waals surface area (Å²) in [6, 6.07) is 5.26. The minimum atomic E-state index is -0.172. The van der Waals surface area contributed by atoms with Crippen molar-refractivity contribution in [3.8, 4) is 0 Å². The van der Waals surface area contributed by atoms with E-state index in [-0.39, 0.29) is 11.8 Å². The molecule has 1 aromatic carbocycles. The molecule has 3 nitrogen and oxygen atoms in total. The number of carbonyl (C=O) groups is 1. The van der Waals surface area contributed by atoms with Gasteiger partial charge in [-0.25, -0.2) is 0 Å². The van der Waals surface area contributed by atoms with Crippen LogP contribution in [-0.4, -0.2) is 24.4 Å². The number of hydrogen-bond donors (Lipinski definition) is 1. The van der Waals surface area contributed by atoms with E-state index >= 15 is 0 Å². The Morgan fingerprint density at radius 1 is 1.35 bits per heavy atom. The van der Waals surface area contributed by atoms with E-state index in [1.165, 1.54) is 0 Å². The van der Waals surface area contributed by atoms with E-state index < -0.39 is 0 Å². The van der Waals surface area contributed by atoms with Gasteiger partial charge in [0.25, 0.3) is 0 Å². The normalized spacial score (nSPS) is 12.3. The standard InChI is InChI=1S/C12H16Cl2N2O/c1-8(6-15)12(17)16(2)7-9-3-10(13)5-11(14)4-9/h3-5,8H,6-7,15H2,1-2H3. The molecule has 17 heavy (non-hydrogen) atoms. The van der Waals surface area contributed by atoms with Crippen LogP contribution in [0, 0.1) is 5.92 Å². The van der Waals surface area contributed by atoms with Crippen LogP contribution in [0.1, 0.15) is 12.5 Å². The first kappa shape index (κ1) is 14.3. The van der Waals surface area contributed by atoms with Crippen molar-refractivity contribution in [3.05, 3.63) is 33.8 Å². The molecule has 5 heteroatoms. The number of halogens is 2. The fourth-order valence-corrected chi connectivity index (χ4v) is 2.10. The monoisotopic (exact) mass is 274 g/mol. The Balaban J connectivity index is 2.74. The van der Waals surface area contributed by atoms with E-state index in [2.05, 4.69) is 0 Å². The lowest BCUT2D eigenvalue weighted by atomic mass is 10.1. The molecule has 0 bridgehead atoms. The van der Waals surface area contributed by atoms with Gasteiger partial charge in [-0.05, 0) is 23.8 Å². The number of nitrogens with two attached hydrogens (primary N) is 1. The molecule has 0 fully saturated rings. The second kappa shape index (κ2) is 6.24. The van der Waals surface area contributed by atoms with Crippen molar-refractivity contribution in [1.82, 2.24) is 4.90 Å². The zero-order chi connectivity index (χ0) is 13.0. The molecule has 1 unspecified atom stereocenters. The van der Waals surface area contributed by atoms with Crippen molar-refractivity contribution in [2.75, 3.05) is 13.6 Å². The third kappa shape index (κ3) is 4.19. The highest BCUT2D eigenvalue weighted by atomic mass is 35.5. The maximum atomic E-state index is 11.8. The molecule has 0 aliphatic rings. The van der Waals surface area contributed by atoms with Gasteiger partial charge in [0.05, 0.1) is 0 Å². The number of nitrogens with zero attached hydrogens (tertiary/aromatic N) is 1. The summed E-state index contributed by atoms with van der Waals surface area (Å²) in [6.45, 7) is 2.63. The minimum absolute atomic E-state index is 0.0172. The average Bonchev–Trinajstić information content (AvgIpc) is 2.25. The van der Waals surface area contributed by atoms with Gasteiger partial charge in [-0.2, -0.15) is 0 Å². The summed E-state index contributed by atoms with van der Waals surface area (Å²) in [5.41, 5.74) is 6.37. The second-order valence-electron chi connectivity index (χ2n) is 4.11. The molecule has 0 heterocycles. The molecule has 0 aliphatic heterocycles. The largest absolute Gasteiger partial charge is 0.341 e. The van der Waals surface area contributed by atoms with Gasteiger partial charge in [0.1, 0.15) is 0 Å². The van der Waals surface area contributed by atoms with Crippen LogP contribution in [0.25, 0.3) is 0 Å². The molecule has 1 aromatic rings. The highest BCUT2D eigenvalue weighted by Gasteiger charge is 2.16. The van der Waals surface area contributed by atoms with Gasteiger partial charge in [-0.3, -0.25) is 4.79 Å². The highest BCUT2D eigenvalue weighted by Crippen LogP contribution is 2.20. The van der Waals surface area contributed by atoms with E-state index in [4.69, 9.17) is 28.9 Å². The lowest BCUT2D eigenvalue weighted by Gasteiger charge is -2.20. The topological polar surface area (TPSA) is 46.3 Å². The maximum Gasteiger partial charge on any atom is 0.226 e. The third-order valence-electron chi connectivity index (χ3n) is 2.49. The highest BCUT2D eigenvalue weighted by molar-refractivity contribution is 6.34. The van der Waals surface area contributed by atoms with Gasteiger partial charge in [0.2, 0.25) is 5.91 Å². The van der Waals surface area contributed by atoms with Gasteiger partial charge >= 0.3 is 0 Å². The first-order valence-corrected chi connectivity index (χ1v) is 6.09. The molecule has 1 atom stereocenters. The summed E-state index contributed by atoms with van der Waals surface area (Å²) in [5, 5.41) is 1.14. The molecule has 1 amide bonds. The molecule has 0 saturated carbocycles. The van der Waals surface area contributed by atoms with Crippen molar-refractivity contribution in [2.24, 2.45) is 11.7 Å². The predicted octanol–water partition coefficient (Wildman–Crippen LogP) is 2.55. The van der Waals surface area contributed by atoms with Crippen LogP contribution in [0.4, 0.5) is 0 Å². The van der Waals surface area contributed by atoms with Gasteiger partial charge in [0, 0.05) is 36.1 Å². The molecule has 0 aromatic heterocycles. The van der Waals surface area contributed by atoms with Gasteiger partial charge in [-0.1, -0.05) is 30.1 Å². The zero-order valence-electron chi connectivity index (χ0n) is 9.91. The smallest absolute Gasteiger partial charge is 0.226 e. The summed E-state index contributed by atoms with van der Waals surface area (Å²) < 4.78 is 0. The summed E-state index contributed by atoms with van der Waals surface area (Å²) >= 11 is 11.8. The molecular weight excluding hydrogens is 259 g/mol. The Labute approximate surface area is 111 Å². The third-order valence-corrected chi connectivity index (χ3v) is 2.93. The van der Waals surface area contributed by atoms with Crippen molar-refractivity contribution in [1.29, 1.82) is 0 Å². The van der Waals surface area contributed by atoms with Crippen LogP contribution in [0.5, 0.6) is 0 Å². The van der Waals surface area contributed by atoms with Gasteiger partial charge in [-0.15, -0.1) is 0 Å².